The number of rotatable bonds is 11. The van der Waals surface area contributed by atoms with Crippen LogP contribution in [0.25, 0.3) is 122 Å². The quantitative estimate of drug-likeness (QED) is 0.129. The summed E-state index contributed by atoms with van der Waals surface area (Å²) in [6.45, 7) is 13.2. The number of aryl methyl sites for hydroxylation is 8. The lowest BCUT2D eigenvalue weighted by Crippen LogP contribution is -1.97. The van der Waals surface area contributed by atoms with E-state index in [2.05, 4.69) is 237 Å². The van der Waals surface area contributed by atoms with Gasteiger partial charge in [-0.15, -0.1) is 0 Å². The van der Waals surface area contributed by atoms with Crippen LogP contribution in [0.4, 0.5) is 0 Å². The van der Waals surface area contributed by atoms with Gasteiger partial charge < -0.3 is 9.13 Å². The van der Waals surface area contributed by atoms with Crippen LogP contribution in [0.1, 0.15) is 55.6 Å². The predicted octanol–water partition coefficient (Wildman–Crippen LogP) is 20.1. The van der Waals surface area contributed by atoms with Crippen molar-refractivity contribution in [1.29, 1.82) is 10.5 Å². The average molecular weight is 1110 g/mol. The molecule has 6 heteroatoms. The zero-order valence-corrected chi connectivity index (χ0v) is 49.0. The minimum absolute atomic E-state index is 0.604. The van der Waals surface area contributed by atoms with Gasteiger partial charge in [0.05, 0.1) is 45.3 Å². The van der Waals surface area contributed by atoms with E-state index < -0.39 is 0 Å². The number of nitrogens with zero attached hydrogens (tertiary/aromatic N) is 6. The Labute approximate surface area is 501 Å². The molecule has 0 fully saturated rings. The molecular formula is C80H60N6. The molecular weight excluding hydrogens is 1040 g/mol. The number of hydrogen-bond donors (Lipinski definition) is 0. The zero-order chi connectivity index (χ0) is 58.7. The van der Waals surface area contributed by atoms with Crippen LogP contribution in [0.2, 0.25) is 0 Å². The third-order valence-electron chi connectivity index (χ3n) is 17.5. The van der Waals surface area contributed by atoms with E-state index in [1.54, 1.807) is 24.8 Å². The minimum atomic E-state index is 0.604. The predicted molar refractivity (Wildman–Crippen MR) is 355 cm³/mol. The van der Waals surface area contributed by atoms with Crippen molar-refractivity contribution in [2.24, 2.45) is 0 Å². The fraction of sp³-hybridized carbons (Fsp3) is 0.100. The third kappa shape index (κ3) is 9.58. The van der Waals surface area contributed by atoms with Crippen molar-refractivity contribution in [2.75, 3.05) is 0 Å². The van der Waals surface area contributed by atoms with Gasteiger partial charge in [0.2, 0.25) is 0 Å². The molecule has 0 amide bonds. The van der Waals surface area contributed by atoms with Crippen molar-refractivity contribution in [2.45, 2.75) is 54.4 Å². The Morgan fingerprint density at radius 2 is 0.733 bits per heavy atom. The summed E-state index contributed by atoms with van der Waals surface area (Å²) >= 11 is 0. The average Bonchev–Trinajstić information content (AvgIpc) is 3.00. The Balaban J connectivity index is 0.778. The van der Waals surface area contributed by atoms with Crippen LogP contribution < -0.4 is 0 Å². The molecule has 0 unspecified atom stereocenters. The maximum absolute atomic E-state index is 10.3. The fourth-order valence-electron chi connectivity index (χ4n) is 13.3. The molecule has 0 bridgehead atoms. The van der Waals surface area contributed by atoms with Gasteiger partial charge in [0, 0.05) is 63.3 Å². The highest BCUT2D eigenvalue weighted by molar-refractivity contribution is 6.13. The molecule has 0 aliphatic rings. The monoisotopic (exact) mass is 1100 g/mol. The summed E-state index contributed by atoms with van der Waals surface area (Å²) in [4.78, 5) is 8.50. The molecule has 14 rings (SSSR count). The molecule has 0 aliphatic carbocycles. The highest BCUT2D eigenvalue weighted by Gasteiger charge is 2.20. The molecule has 0 aliphatic heterocycles. The van der Waals surface area contributed by atoms with E-state index in [0.29, 0.717) is 11.1 Å². The molecule has 0 N–H and O–H groups in total. The third-order valence-corrected chi connectivity index (χ3v) is 17.5. The number of pyridine rings is 2. The molecule has 14 aromatic rings. The first-order valence-electron chi connectivity index (χ1n) is 29.4. The van der Waals surface area contributed by atoms with E-state index in [1.807, 2.05) is 42.5 Å². The fourth-order valence-corrected chi connectivity index (χ4v) is 13.3. The van der Waals surface area contributed by atoms with E-state index in [4.69, 9.17) is 0 Å². The number of fused-ring (bicyclic) bond motifs is 6. The van der Waals surface area contributed by atoms with E-state index in [-0.39, 0.29) is 0 Å². The Morgan fingerprint density at radius 1 is 0.314 bits per heavy atom. The van der Waals surface area contributed by atoms with Gasteiger partial charge >= 0.3 is 0 Å². The second kappa shape index (κ2) is 21.7. The van der Waals surface area contributed by atoms with Gasteiger partial charge in [0.25, 0.3) is 0 Å². The summed E-state index contributed by atoms with van der Waals surface area (Å²) in [7, 11) is 0. The number of hydrogen-bond acceptors (Lipinski definition) is 4. The van der Waals surface area contributed by atoms with Gasteiger partial charge in [-0.25, -0.2) is 0 Å². The van der Waals surface area contributed by atoms with Crippen LogP contribution >= 0.6 is 0 Å². The van der Waals surface area contributed by atoms with Crippen LogP contribution in [0, 0.1) is 64.2 Å². The molecule has 0 atom stereocenters. The van der Waals surface area contributed by atoms with Crippen LogP contribution in [-0.2, 0) is 12.8 Å². The summed E-state index contributed by atoms with van der Waals surface area (Å²) in [6.07, 6.45) is 8.99. The van der Waals surface area contributed by atoms with Crippen molar-refractivity contribution in [3.8, 4) is 90.3 Å². The Kier molecular flexibility index (Phi) is 13.4. The van der Waals surface area contributed by atoms with Crippen LogP contribution in [0.15, 0.2) is 231 Å². The highest BCUT2D eigenvalue weighted by atomic mass is 15.0. The largest absolute Gasteiger partial charge is 0.309 e. The van der Waals surface area contributed by atoms with Crippen LogP contribution in [0.5, 0.6) is 0 Å². The van der Waals surface area contributed by atoms with Crippen molar-refractivity contribution >= 4 is 43.6 Å². The first-order valence-corrected chi connectivity index (χ1v) is 29.4. The summed E-state index contributed by atoms with van der Waals surface area (Å²) in [5, 5.41) is 25.2. The molecule has 4 heterocycles. The maximum atomic E-state index is 10.3. The van der Waals surface area contributed by atoms with Gasteiger partial charge in [0.15, 0.2) is 0 Å². The van der Waals surface area contributed by atoms with Crippen molar-refractivity contribution in [3.05, 3.63) is 287 Å². The summed E-state index contributed by atoms with van der Waals surface area (Å²) in [5.41, 5.74) is 31.0. The van der Waals surface area contributed by atoms with Crippen molar-refractivity contribution < 1.29 is 0 Å². The minimum Gasteiger partial charge on any atom is -0.309 e. The number of nitriles is 2. The smallest absolute Gasteiger partial charge is 0.0998 e. The maximum Gasteiger partial charge on any atom is 0.0998 e. The van der Waals surface area contributed by atoms with Gasteiger partial charge in [-0.1, -0.05) is 108 Å². The molecule has 6 nitrogen and oxygen atoms in total. The Morgan fingerprint density at radius 3 is 1.15 bits per heavy atom. The molecule has 0 saturated carbocycles. The lowest BCUT2D eigenvalue weighted by molar-refractivity contribution is 0.956. The van der Waals surface area contributed by atoms with Gasteiger partial charge in [-0.3, -0.25) is 9.97 Å². The lowest BCUT2D eigenvalue weighted by atomic mass is 9.93. The van der Waals surface area contributed by atoms with Gasteiger partial charge in [-0.2, -0.15) is 10.5 Å². The van der Waals surface area contributed by atoms with Crippen LogP contribution in [-0.4, -0.2) is 19.1 Å². The van der Waals surface area contributed by atoms with Crippen LogP contribution in [0.3, 0.4) is 0 Å². The molecule has 10 aromatic carbocycles. The summed E-state index contributed by atoms with van der Waals surface area (Å²) in [5.74, 6) is 0. The van der Waals surface area contributed by atoms with Gasteiger partial charge in [-0.05, 0) is 258 Å². The molecule has 4 aromatic heterocycles. The standard InChI is InChI=1S/C80H60N6/c1-49-7-19-68(51(3)35-49)60-14-23-77-73(42-60)74-44-62(15-24-78(74)85(77)66-18-13-64(48-82)72(46-66)59-29-33-84-34-30-59)70-21-11-55(37-53(70)5)9-10-56-12-22-71(54(6)38-56)63-17-26-80-76(45-63)75-43-61(69-20-8-50(2)36-52(69)4)16-25-79(75)86(80)67-40-57(47-81)39-65(41-67)58-27-31-83-32-28-58/h7-8,11-46H,9-10H2,1-6H3. The normalized spacial score (nSPS) is 11.4. The molecule has 86 heavy (non-hydrogen) atoms. The van der Waals surface area contributed by atoms with Crippen molar-refractivity contribution in [3.63, 3.8) is 0 Å². The van der Waals surface area contributed by atoms with E-state index in [1.165, 1.54) is 99.8 Å². The molecule has 0 radical (unpaired) electrons. The number of benzene rings is 10. The first kappa shape index (κ1) is 53.1. The first-order chi connectivity index (χ1) is 42.0. The van der Waals surface area contributed by atoms with E-state index >= 15 is 0 Å². The number of aromatic nitrogens is 4. The van der Waals surface area contributed by atoms with Gasteiger partial charge in [0.1, 0.15) is 0 Å². The Hall–Kier alpha value is -10.9. The SMILES string of the molecule is Cc1ccc(-c2ccc3c(c2)c2cc(-c4ccc(CCc5ccc(-c6ccc7c(c6)c6cc(-c8ccc(C)cc8C)ccc6n7-c6ccc(C#N)c(-c7ccncc7)c6)c(C)c5)cc4C)ccc2n3-c2cc(C#N)cc(-c3ccncc3)c2)c(C)c1. The second-order valence-electron chi connectivity index (χ2n) is 23.2. The highest BCUT2D eigenvalue weighted by Crippen LogP contribution is 2.42. The topological polar surface area (TPSA) is 83.2 Å². The molecule has 410 valence electrons. The summed E-state index contributed by atoms with van der Waals surface area (Å²) in [6, 6.07) is 79.8. The summed E-state index contributed by atoms with van der Waals surface area (Å²) < 4.78 is 4.66. The van der Waals surface area contributed by atoms with E-state index in [0.717, 1.165) is 79.3 Å². The second-order valence-corrected chi connectivity index (χ2v) is 23.2. The zero-order valence-electron chi connectivity index (χ0n) is 49.0. The molecule has 0 spiro atoms. The van der Waals surface area contributed by atoms with E-state index in [9.17, 15) is 10.5 Å². The van der Waals surface area contributed by atoms with Crippen molar-refractivity contribution in [1.82, 2.24) is 19.1 Å². The molecule has 0 saturated heterocycles. The Bertz CT molecular complexity index is 5140. The lowest BCUT2D eigenvalue weighted by Gasteiger charge is -2.13.